The molecule has 3 rings (SSSR count). The molecule has 132 valence electrons. The number of sulfonamides is 1. The van der Waals surface area contributed by atoms with Crippen molar-refractivity contribution in [2.75, 3.05) is 26.2 Å². The zero-order chi connectivity index (χ0) is 17.2. The lowest BCUT2D eigenvalue weighted by atomic mass is 10.3. The highest BCUT2D eigenvalue weighted by Gasteiger charge is 2.28. The molecule has 1 saturated heterocycles. The summed E-state index contributed by atoms with van der Waals surface area (Å²) in [4.78, 5) is 2.16. The minimum Gasteiger partial charge on any atom is -0.462 e. The zero-order valence-electron chi connectivity index (χ0n) is 13.0. The van der Waals surface area contributed by atoms with Crippen molar-refractivity contribution in [2.45, 2.75) is 23.8 Å². The van der Waals surface area contributed by atoms with Crippen LogP contribution in [0.5, 0.6) is 0 Å². The number of aliphatic hydroxyl groups is 1. The molecule has 0 amide bonds. The molecule has 2 aromatic heterocycles. The Bertz CT molecular complexity index is 787. The van der Waals surface area contributed by atoms with Gasteiger partial charge < -0.3 is 9.52 Å². The first-order valence-electron chi connectivity index (χ1n) is 7.65. The first-order valence-corrected chi connectivity index (χ1v) is 10.3. The minimum absolute atomic E-state index is 0.116. The maximum absolute atomic E-state index is 12.7. The highest BCUT2D eigenvalue weighted by atomic mass is 35.5. The van der Waals surface area contributed by atoms with E-state index < -0.39 is 10.0 Å². The van der Waals surface area contributed by atoms with Crippen molar-refractivity contribution in [1.82, 2.24) is 9.21 Å². The van der Waals surface area contributed by atoms with Crippen molar-refractivity contribution in [3.05, 3.63) is 40.1 Å². The number of hydrogen-bond donors (Lipinski definition) is 1. The number of halogens is 1. The van der Waals surface area contributed by atoms with Crippen molar-refractivity contribution in [2.24, 2.45) is 0 Å². The largest absolute Gasteiger partial charge is 0.462 e. The summed E-state index contributed by atoms with van der Waals surface area (Å²) in [6, 6.07) is 6.77. The highest BCUT2D eigenvalue weighted by Crippen LogP contribution is 2.28. The van der Waals surface area contributed by atoms with E-state index in [0.29, 0.717) is 40.5 Å². The monoisotopic (exact) mass is 390 g/mol. The molecule has 1 aliphatic rings. The maximum Gasteiger partial charge on any atom is 0.252 e. The molecular weight excluding hydrogens is 372 g/mol. The van der Waals surface area contributed by atoms with Crippen molar-refractivity contribution in [3.8, 4) is 0 Å². The van der Waals surface area contributed by atoms with Gasteiger partial charge in [0.25, 0.3) is 10.0 Å². The van der Waals surface area contributed by atoms with Crippen LogP contribution in [-0.4, -0.2) is 48.9 Å². The molecule has 24 heavy (non-hydrogen) atoms. The van der Waals surface area contributed by atoms with Gasteiger partial charge in [0.1, 0.15) is 22.3 Å². The molecule has 2 aromatic rings. The van der Waals surface area contributed by atoms with Crippen LogP contribution in [0.15, 0.2) is 32.9 Å². The molecule has 9 heteroatoms. The summed E-state index contributed by atoms with van der Waals surface area (Å²) < 4.78 is 33.1. The first-order chi connectivity index (χ1) is 11.5. The fourth-order valence-electron chi connectivity index (χ4n) is 2.72. The van der Waals surface area contributed by atoms with Gasteiger partial charge in [0.05, 0.1) is 10.9 Å². The van der Waals surface area contributed by atoms with Crippen LogP contribution in [0.2, 0.25) is 4.34 Å². The molecule has 1 aliphatic heterocycles. The predicted octanol–water partition coefficient (Wildman–Crippen LogP) is 2.38. The topological polar surface area (TPSA) is 74.0 Å². The number of rotatable bonds is 5. The van der Waals surface area contributed by atoms with Crippen molar-refractivity contribution in [1.29, 1.82) is 0 Å². The van der Waals surface area contributed by atoms with Gasteiger partial charge in [0, 0.05) is 19.6 Å². The Kier molecular flexibility index (Phi) is 5.63. The standard InChI is InChI=1S/C15H19ClN2O4S2/c16-14-4-5-15(23-14)24(20,21)18-7-1-6-17(8-9-18)10-12-2-3-13(11-19)22-12/h2-5,19H,1,6-11H2. The van der Waals surface area contributed by atoms with Gasteiger partial charge in [-0.15, -0.1) is 11.3 Å². The van der Waals surface area contributed by atoms with E-state index in [1.165, 1.54) is 4.31 Å². The third-order valence-corrected chi connectivity index (χ3v) is 7.54. The van der Waals surface area contributed by atoms with E-state index in [4.69, 9.17) is 21.1 Å². The van der Waals surface area contributed by atoms with Gasteiger partial charge in [0.2, 0.25) is 0 Å². The van der Waals surface area contributed by atoms with Crippen molar-refractivity contribution >= 4 is 33.0 Å². The van der Waals surface area contributed by atoms with Crippen molar-refractivity contribution < 1.29 is 17.9 Å². The number of thiophene rings is 1. The fourth-order valence-corrected chi connectivity index (χ4v) is 5.83. The van der Waals surface area contributed by atoms with Gasteiger partial charge in [-0.3, -0.25) is 4.90 Å². The normalized spacial score (nSPS) is 17.9. The van der Waals surface area contributed by atoms with Crippen LogP contribution in [0, 0.1) is 0 Å². The third-order valence-electron chi connectivity index (χ3n) is 3.94. The van der Waals surface area contributed by atoms with Gasteiger partial charge in [0.15, 0.2) is 0 Å². The van der Waals surface area contributed by atoms with E-state index in [1.807, 2.05) is 6.07 Å². The Hall–Kier alpha value is -0.900. The second-order valence-electron chi connectivity index (χ2n) is 5.62. The lowest BCUT2D eigenvalue weighted by molar-refractivity contribution is 0.223. The minimum atomic E-state index is -3.48. The van der Waals surface area contributed by atoms with Gasteiger partial charge >= 0.3 is 0 Å². The van der Waals surface area contributed by atoms with E-state index >= 15 is 0 Å². The van der Waals surface area contributed by atoms with E-state index in [0.717, 1.165) is 30.1 Å². The summed E-state index contributed by atoms with van der Waals surface area (Å²) in [7, 11) is -3.48. The summed E-state index contributed by atoms with van der Waals surface area (Å²) in [5.41, 5.74) is 0. The number of hydrogen-bond acceptors (Lipinski definition) is 6. The molecule has 1 N–H and O–H groups in total. The first kappa shape index (κ1) is 17.9. The fraction of sp³-hybridized carbons (Fsp3) is 0.467. The molecular formula is C15H19ClN2O4S2. The second-order valence-corrected chi connectivity index (χ2v) is 9.50. The maximum atomic E-state index is 12.7. The van der Waals surface area contributed by atoms with Crippen LogP contribution in [-0.2, 0) is 23.2 Å². The van der Waals surface area contributed by atoms with Crippen LogP contribution in [0.1, 0.15) is 17.9 Å². The zero-order valence-corrected chi connectivity index (χ0v) is 15.4. The second kappa shape index (κ2) is 7.55. The average molecular weight is 391 g/mol. The Morgan fingerprint density at radius 2 is 1.92 bits per heavy atom. The quantitative estimate of drug-likeness (QED) is 0.848. The molecule has 1 fully saturated rings. The van der Waals surface area contributed by atoms with Gasteiger partial charge in [-0.05, 0) is 37.2 Å². The van der Waals surface area contributed by atoms with Crippen LogP contribution in [0.3, 0.4) is 0 Å². The van der Waals surface area contributed by atoms with E-state index in [1.54, 1.807) is 18.2 Å². The molecule has 0 spiro atoms. The van der Waals surface area contributed by atoms with E-state index in [2.05, 4.69) is 4.90 Å². The summed E-state index contributed by atoms with van der Waals surface area (Å²) in [6.45, 7) is 2.85. The molecule has 0 atom stereocenters. The SMILES string of the molecule is O=S(=O)(c1ccc(Cl)s1)N1CCCN(Cc2ccc(CO)o2)CC1. The molecule has 0 bridgehead atoms. The van der Waals surface area contributed by atoms with Crippen LogP contribution < -0.4 is 0 Å². The molecule has 6 nitrogen and oxygen atoms in total. The lowest BCUT2D eigenvalue weighted by Crippen LogP contribution is -2.34. The van der Waals surface area contributed by atoms with Gasteiger partial charge in [-0.1, -0.05) is 11.6 Å². The highest BCUT2D eigenvalue weighted by molar-refractivity contribution is 7.91. The third kappa shape index (κ3) is 4.01. The van der Waals surface area contributed by atoms with Crippen molar-refractivity contribution in [3.63, 3.8) is 0 Å². The Balaban J connectivity index is 1.64. The molecule has 0 radical (unpaired) electrons. The van der Waals surface area contributed by atoms with Crippen LogP contribution >= 0.6 is 22.9 Å². The lowest BCUT2D eigenvalue weighted by Gasteiger charge is -2.20. The van der Waals surface area contributed by atoms with E-state index in [9.17, 15) is 8.42 Å². The van der Waals surface area contributed by atoms with Gasteiger partial charge in [-0.2, -0.15) is 4.31 Å². The summed E-state index contributed by atoms with van der Waals surface area (Å²) >= 11 is 6.95. The Morgan fingerprint density at radius 1 is 1.12 bits per heavy atom. The van der Waals surface area contributed by atoms with E-state index in [-0.39, 0.29) is 6.61 Å². The molecule has 0 saturated carbocycles. The summed E-state index contributed by atoms with van der Waals surface area (Å²) in [5.74, 6) is 1.32. The predicted molar refractivity (Wildman–Crippen MR) is 92.6 cm³/mol. The number of furan rings is 1. The molecule has 0 unspecified atom stereocenters. The summed E-state index contributed by atoms with van der Waals surface area (Å²) in [5, 5.41) is 9.05. The number of nitrogens with zero attached hydrogens (tertiary/aromatic N) is 2. The Morgan fingerprint density at radius 3 is 2.58 bits per heavy atom. The smallest absolute Gasteiger partial charge is 0.252 e. The average Bonchev–Trinajstić information content (AvgIpc) is 3.12. The van der Waals surface area contributed by atoms with Crippen LogP contribution in [0.25, 0.3) is 0 Å². The Labute approximate surface area is 150 Å². The van der Waals surface area contributed by atoms with Crippen LogP contribution in [0.4, 0.5) is 0 Å². The summed E-state index contributed by atoms with van der Waals surface area (Å²) in [6.07, 6.45) is 0.756. The molecule has 0 aromatic carbocycles. The number of aliphatic hydroxyl groups excluding tert-OH is 1. The molecule has 0 aliphatic carbocycles. The molecule has 3 heterocycles. The van der Waals surface area contributed by atoms with Gasteiger partial charge in [-0.25, -0.2) is 8.42 Å².